The molecule has 1 aliphatic rings. The van der Waals surface area contributed by atoms with Crippen LogP contribution in [0.2, 0.25) is 0 Å². The van der Waals surface area contributed by atoms with Gasteiger partial charge in [0.1, 0.15) is 0 Å². The molecule has 3 N–H and O–H groups in total. The topological polar surface area (TPSA) is 55.1 Å². The van der Waals surface area contributed by atoms with Crippen molar-refractivity contribution in [1.29, 1.82) is 0 Å². The van der Waals surface area contributed by atoms with Crippen LogP contribution < -0.4 is 11.1 Å². The van der Waals surface area contributed by atoms with Crippen molar-refractivity contribution in [1.82, 2.24) is 5.32 Å². The molecule has 1 aromatic carbocycles. The van der Waals surface area contributed by atoms with Crippen molar-refractivity contribution in [3.8, 4) is 0 Å². The second-order valence-corrected chi connectivity index (χ2v) is 5.00. The van der Waals surface area contributed by atoms with E-state index in [-0.39, 0.29) is 5.91 Å². The van der Waals surface area contributed by atoms with Crippen LogP contribution in [0.1, 0.15) is 31.7 Å². The van der Waals surface area contributed by atoms with E-state index in [4.69, 9.17) is 5.73 Å². The second kappa shape index (κ2) is 5.21. The number of hydrogen-bond donors (Lipinski definition) is 2. The molecule has 0 saturated heterocycles. The van der Waals surface area contributed by atoms with Crippen LogP contribution in [0.3, 0.4) is 0 Å². The van der Waals surface area contributed by atoms with E-state index in [0.717, 1.165) is 17.7 Å². The van der Waals surface area contributed by atoms with Crippen molar-refractivity contribution >= 4 is 11.6 Å². The van der Waals surface area contributed by atoms with Gasteiger partial charge in [-0.3, -0.25) is 4.79 Å². The quantitative estimate of drug-likeness (QED) is 0.784. The first kappa shape index (κ1) is 12.0. The molecule has 2 unspecified atom stereocenters. The second-order valence-electron chi connectivity index (χ2n) is 5.00. The average Bonchev–Trinajstić information content (AvgIpc) is 2.68. The molecule has 0 spiro atoms. The lowest BCUT2D eigenvalue weighted by Crippen LogP contribution is -2.37. The SMILES string of the molecule is CC1CCCC1NC(=O)Cc1ccc(N)cc1. The Morgan fingerprint density at radius 1 is 1.35 bits per heavy atom. The minimum absolute atomic E-state index is 0.119. The normalized spacial score (nSPS) is 23.6. The summed E-state index contributed by atoms with van der Waals surface area (Å²) in [4.78, 5) is 11.9. The molecule has 92 valence electrons. The molecule has 0 aromatic heterocycles. The molecule has 0 aliphatic heterocycles. The number of benzene rings is 1. The fourth-order valence-electron chi connectivity index (χ4n) is 2.44. The van der Waals surface area contributed by atoms with E-state index in [2.05, 4.69) is 12.2 Å². The van der Waals surface area contributed by atoms with Crippen molar-refractivity contribution in [3.05, 3.63) is 29.8 Å². The lowest BCUT2D eigenvalue weighted by atomic mass is 10.1. The number of carbonyl (C=O) groups excluding carboxylic acids is 1. The molecule has 2 rings (SSSR count). The molecule has 1 aliphatic carbocycles. The first-order valence-corrected chi connectivity index (χ1v) is 6.29. The maximum absolute atomic E-state index is 11.9. The standard InChI is InChI=1S/C14H20N2O/c1-10-3-2-4-13(10)16-14(17)9-11-5-7-12(15)8-6-11/h5-8,10,13H,2-4,9,15H2,1H3,(H,16,17). The molecule has 0 heterocycles. The van der Waals surface area contributed by atoms with Gasteiger partial charge in [0.15, 0.2) is 0 Å². The molecule has 3 nitrogen and oxygen atoms in total. The number of nitrogens with one attached hydrogen (secondary N) is 1. The summed E-state index contributed by atoms with van der Waals surface area (Å²) in [6.07, 6.45) is 4.03. The van der Waals surface area contributed by atoms with Gasteiger partial charge in [-0.05, 0) is 36.5 Å². The zero-order chi connectivity index (χ0) is 12.3. The van der Waals surface area contributed by atoms with E-state index in [0.29, 0.717) is 18.4 Å². The van der Waals surface area contributed by atoms with Crippen LogP contribution in [-0.2, 0) is 11.2 Å². The third kappa shape index (κ3) is 3.22. The zero-order valence-electron chi connectivity index (χ0n) is 10.3. The summed E-state index contributed by atoms with van der Waals surface area (Å²) in [5, 5.41) is 3.12. The summed E-state index contributed by atoms with van der Waals surface area (Å²) in [5.74, 6) is 0.735. The Kier molecular flexibility index (Phi) is 3.67. The molecular weight excluding hydrogens is 212 g/mol. The van der Waals surface area contributed by atoms with Crippen LogP contribution in [0, 0.1) is 5.92 Å². The van der Waals surface area contributed by atoms with Crippen molar-refractivity contribution in [2.45, 2.75) is 38.6 Å². The lowest BCUT2D eigenvalue weighted by molar-refractivity contribution is -0.121. The number of rotatable bonds is 3. The van der Waals surface area contributed by atoms with Crippen LogP contribution in [-0.4, -0.2) is 11.9 Å². The number of nitrogen functional groups attached to an aromatic ring is 1. The Bertz CT molecular complexity index is 386. The first-order valence-electron chi connectivity index (χ1n) is 6.29. The van der Waals surface area contributed by atoms with Crippen LogP contribution in [0.4, 0.5) is 5.69 Å². The van der Waals surface area contributed by atoms with Crippen molar-refractivity contribution in [3.63, 3.8) is 0 Å². The van der Waals surface area contributed by atoms with Crippen molar-refractivity contribution in [2.75, 3.05) is 5.73 Å². The summed E-state index contributed by atoms with van der Waals surface area (Å²) < 4.78 is 0. The van der Waals surface area contributed by atoms with E-state index in [1.165, 1.54) is 12.8 Å². The van der Waals surface area contributed by atoms with Gasteiger partial charge >= 0.3 is 0 Å². The van der Waals surface area contributed by atoms with Gasteiger partial charge in [-0.2, -0.15) is 0 Å². The molecular formula is C14H20N2O. The maximum Gasteiger partial charge on any atom is 0.224 e. The van der Waals surface area contributed by atoms with Crippen LogP contribution in [0.15, 0.2) is 24.3 Å². The van der Waals surface area contributed by atoms with E-state index < -0.39 is 0 Å². The van der Waals surface area contributed by atoms with Gasteiger partial charge in [0.25, 0.3) is 0 Å². The Morgan fingerprint density at radius 2 is 2.06 bits per heavy atom. The molecule has 1 fully saturated rings. The van der Waals surface area contributed by atoms with Gasteiger partial charge in [0, 0.05) is 11.7 Å². The number of nitrogens with two attached hydrogens (primary N) is 1. The van der Waals surface area contributed by atoms with Gasteiger partial charge in [0.05, 0.1) is 6.42 Å². The summed E-state index contributed by atoms with van der Waals surface area (Å²) >= 11 is 0. The lowest BCUT2D eigenvalue weighted by Gasteiger charge is -2.17. The number of amides is 1. The summed E-state index contributed by atoms with van der Waals surface area (Å²) in [7, 11) is 0. The van der Waals surface area contributed by atoms with Crippen molar-refractivity contribution in [2.24, 2.45) is 5.92 Å². The average molecular weight is 232 g/mol. The van der Waals surface area contributed by atoms with Gasteiger partial charge in [0.2, 0.25) is 5.91 Å². The smallest absolute Gasteiger partial charge is 0.224 e. The monoisotopic (exact) mass is 232 g/mol. The molecule has 3 heteroatoms. The molecule has 17 heavy (non-hydrogen) atoms. The Labute approximate surface area is 102 Å². The molecule has 0 bridgehead atoms. The third-order valence-electron chi connectivity index (χ3n) is 3.55. The first-order chi connectivity index (χ1) is 8.15. The van der Waals surface area contributed by atoms with Gasteiger partial charge in [-0.25, -0.2) is 0 Å². The molecule has 1 amide bonds. The van der Waals surface area contributed by atoms with E-state index >= 15 is 0 Å². The van der Waals surface area contributed by atoms with Gasteiger partial charge in [-0.15, -0.1) is 0 Å². The highest BCUT2D eigenvalue weighted by Gasteiger charge is 2.24. The van der Waals surface area contributed by atoms with E-state index in [9.17, 15) is 4.79 Å². The Hall–Kier alpha value is -1.51. The van der Waals surface area contributed by atoms with Gasteiger partial charge in [-0.1, -0.05) is 25.5 Å². The maximum atomic E-state index is 11.9. The number of anilines is 1. The minimum Gasteiger partial charge on any atom is -0.399 e. The largest absolute Gasteiger partial charge is 0.399 e. The highest BCUT2D eigenvalue weighted by molar-refractivity contribution is 5.79. The summed E-state index contributed by atoms with van der Waals surface area (Å²) in [5.41, 5.74) is 7.36. The van der Waals surface area contributed by atoms with Crippen LogP contribution >= 0.6 is 0 Å². The van der Waals surface area contributed by atoms with Gasteiger partial charge < -0.3 is 11.1 Å². The van der Waals surface area contributed by atoms with Crippen LogP contribution in [0.25, 0.3) is 0 Å². The zero-order valence-corrected chi connectivity index (χ0v) is 10.3. The molecule has 0 radical (unpaired) electrons. The minimum atomic E-state index is 0.119. The fraction of sp³-hybridized carbons (Fsp3) is 0.500. The predicted octanol–water partition coefficient (Wildman–Crippen LogP) is 2.12. The summed E-state index contributed by atoms with van der Waals surface area (Å²) in [6.45, 7) is 2.21. The van der Waals surface area contributed by atoms with E-state index in [1.54, 1.807) is 0 Å². The highest BCUT2D eigenvalue weighted by Crippen LogP contribution is 2.24. The molecule has 2 atom stereocenters. The van der Waals surface area contributed by atoms with E-state index in [1.807, 2.05) is 24.3 Å². The van der Waals surface area contributed by atoms with Crippen LogP contribution in [0.5, 0.6) is 0 Å². The number of carbonyl (C=O) groups is 1. The Balaban J connectivity index is 1.86. The summed E-state index contributed by atoms with van der Waals surface area (Å²) in [6, 6.07) is 7.86. The highest BCUT2D eigenvalue weighted by atomic mass is 16.1. The molecule has 1 aromatic rings. The number of hydrogen-bond acceptors (Lipinski definition) is 2. The fourth-order valence-corrected chi connectivity index (χ4v) is 2.44. The van der Waals surface area contributed by atoms with Crippen molar-refractivity contribution < 1.29 is 4.79 Å². The Morgan fingerprint density at radius 3 is 2.65 bits per heavy atom. The predicted molar refractivity (Wildman–Crippen MR) is 69.5 cm³/mol. The molecule has 1 saturated carbocycles. The third-order valence-corrected chi connectivity index (χ3v) is 3.55.